The van der Waals surface area contributed by atoms with Crippen LogP contribution in [0.5, 0.6) is 0 Å². The second kappa shape index (κ2) is 5.07. The summed E-state index contributed by atoms with van der Waals surface area (Å²) in [5.74, 6) is -0.00458. The Bertz CT molecular complexity index is 768. The zero-order chi connectivity index (χ0) is 15.3. The molecule has 116 valence electrons. The van der Waals surface area contributed by atoms with E-state index in [1.807, 2.05) is 6.07 Å². The molecule has 1 aliphatic heterocycles. The Kier molecular flexibility index (Phi) is 3.62. The second-order valence-corrected chi connectivity index (χ2v) is 10.1. The van der Waals surface area contributed by atoms with Gasteiger partial charge < -0.3 is 0 Å². The highest BCUT2D eigenvalue weighted by molar-refractivity contribution is 7.92. The molecule has 5 nitrogen and oxygen atoms in total. The average Bonchev–Trinajstić information content (AvgIpc) is 3.02. The van der Waals surface area contributed by atoms with Crippen molar-refractivity contribution in [1.82, 2.24) is 4.31 Å². The van der Waals surface area contributed by atoms with Gasteiger partial charge in [0.2, 0.25) is 10.0 Å². The Morgan fingerprint density at radius 3 is 2.57 bits per heavy atom. The maximum atomic E-state index is 12.7. The topological polar surface area (TPSA) is 71.5 Å². The zero-order valence-corrected chi connectivity index (χ0v) is 13.6. The predicted molar refractivity (Wildman–Crippen MR) is 80.5 cm³/mol. The molecule has 1 unspecified atom stereocenters. The molecule has 0 spiro atoms. The molecule has 0 aromatic heterocycles. The summed E-state index contributed by atoms with van der Waals surface area (Å²) >= 11 is 0. The van der Waals surface area contributed by atoms with Crippen molar-refractivity contribution in [1.29, 1.82) is 0 Å². The summed E-state index contributed by atoms with van der Waals surface area (Å²) in [5, 5.41) is 0. The largest absolute Gasteiger partial charge is 0.243 e. The van der Waals surface area contributed by atoms with Crippen LogP contribution in [-0.2, 0) is 32.7 Å². The monoisotopic (exact) mass is 329 g/mol. The van der Waals surface area contributed by atoms with Crippen LogP contribution in [0, 0.1) is 0 Å². The number of sulfone groups is 1. The van der Waals surface area contributed by atoms with E-state index in [9.17, 15) is 16.8 Å². The number of hydrogen-bond acceptors (Lipinski definition) is 4. The lowest BCUT2D eigenvalue weighted by atomic mass is 10.1. The van der Waals surface area contributed by atoms with Crippen molar-refractivity contribution >= 4 is 19.9 Å². The molecule has 0 radical (unpaired) electrons. The van der Waals surface area contributed by atoms with Gasteiger partial charge in [-0.3, -0.25) is 0 Å². The summed E-state index contributed by atoms with van der Waals surface area (Å²) in [7, 11) is -5.24. The number of aryl methyl sites for hydroxylation is 2. The minimum Gasteiger partial charge on any atom is -0.229 e. The third kappa shape index (κ3) is 2.74. The van der Waals surface area contributed by atoms with Crippen LogP contribution in [0.3, 0.4) is 0 Å². The highest BCUT2D eigenvalue weighted by Crippen LogP contribution is 2.28. The molecular formula is C14H19NO4S2. The Hall–Kier alpha value is -0.920. The van der Waals surface area contributed by atoms with E-state index >= 15 is 0 Å². The number of sulfonamides is 1. The Morgan fingerprint density at radius 1 is 1.19 bits per heavy atom. The van der Waals surface area contributed by atoms with Crippen LogP contribution in [0.4, 0.5) is 0 Å². The van der Waals surface area contributed by atoms with Gasteiger partial charge in [-0.25, -0.2) is 16.8 Å². The number of benzene rings is 1. The standard InChI is InChI=1S/C14H19NO4S2/c1-15(13-7-8-20(16,17)10-13)21(18,19)14-6-5-11-3-2-4-12(11)9-14/h5-6,9,13H,2-4,7-8,10H2,1H3. The molecule has 1 aliphatic carbocycles. The third-order valence-corrected chi connectivity index (χ3v) is 8.13. The van der Waals surface area contributed by atoms with Crippen molar-refractivity contribution in [3.8, 4) is 0 Å². The lowest BCUT2D eigenvalue weighted by Gasteiger charge is -2.23. The molecule has 3 rings (SSSR count). The van der Waals surface area contributed by atoms with Crippen molar-refractivity contribution < 1.29 is 16.8 Å². The molecule has 0 saturated carbocycles. The van der Waals surface area contributed by atoms with Crippen molar-refractivity contribution in [3.05, 3.63) is 29.3 Å². The highest BCUT2D eigenvalue weighted by atomic mass is 32.2. The summed E-state index contributed by atoms with van der Waals surface area (Å²) in [6, 6.07) is 4.82. The zero-order valence-electron chi connectivity index (χ0n) is 11.9. The van der Waals surface area contributed by atoms with Gasteiger partial charge in [0.1, 0.15) is 0 Å². The normalized spacial score (nSPS) is 24.4. The van der Waals surface area contributed by atoms with Crippen LogP contribution >= 0.6 is 0 Å². The van der Waals surface area contributed by atoms with Gasteiger partial charge in [-0.15, -0.1) is 0 Å². The maximum Gasteiger partial charge on any atom is 0.243 e. The summed E-state index contributed by atoms with van der Waals surface area (Å²) < 4.78 is 49.6. The van der Waals surface area contributed by atoms with Gasteiger partial charge >= 0.3 is 0 Å². The fourth-order valence-corrected chi connectivity index (χ4v) is 6.44. The van der Waals surface area contributed by atoms with E-state index in [2.05, 4.69) is 0 Å². The molecule has 0 N–H and O–H groups in total. The highest BCUT2D eigenvalue weighted by Gasteiger charge is 2.36. The van der Waals surface area contributed by atoms with Gasteiger partial charge in [0, 0.05) is 13.1 Å². The third-order valence-electron chi connectivity index (χ3n) is 4.47. The Balaban J connectivity index is 1.90. The van der Waals surface area contributed by atoms with Gasteiger partial charge in [-0.05, 0) is 48.9 Å². The number of nitrogens with zero attached hydrogens (tertiary/aromatic N) is 1. The molecule has 1 fully saturated rings. The summed E-state index contributed by atoms with van der Waals surface area (Å²) in [5.41, 5.74) is 2.32. The van der Waals surface area contributed by atoms with Crippen LogP contribution < -0.4 is 0 Å². The molecule has 7 heteroatoms. The Labute approximate surface area is 125 Å². The smallest absolute Gasteiger partial charge is 0.229 e. The molecule has 1 aromatic rings. The minimum absolute atomic E-state index is 0.0711. The summed E-state index contributed by atoms with van der Waals surface area (Å²) in [6.45, 7) is 0. The summed E-state index contributed by atoms with van der Waals surface area (Å²) in [6.07, 6.45) is 3.37. The van der Waals surface area contributed by atoms with Gasteiger partial charge in [0.05, 0.1) is 16.4 Å². The molecule has 1 heterocycles. The van der Waals surface area contributed by atoms with Gasteiger partial charge in [-0.1, -0.05) is 6.07 Å². The first-order valence-corrected chi connectivity index (χ1v) is 10.4. The van der Waals surface area contributed by atoms with E-state index in [0.717, 1.165) is 24.8 Å². The molecule has 2 aliphatic rings. The molecule has 0 bridgehead atoms. The van der Waals surface area contributed by atoms with Gasteiger partial charge in [-0.2, -0.15) is 4.31 Å². The maximum absolute atomic E-state index is 12.7. The second-order valence-electron chi connectivity index (χ2n) is 5.86. The first-order valence-electron chi connectivity index (χ1n) is 7.10. The van der Waals surface area contributed by atoms with Crippen molar-refractivity contribution in [2.24, 2.45) is 0 Å². The van der Waals surface area contributed by atoms with Crippen LogP contribution in [-0.4, -0.2) is 45.7 Å². The van der Waals surface area contributed by atoms with Crippen LogP contribution in [0.25, 0.3) is 0 Å². The first-order chi connectivity index (χ1) is 9.79. The molecule has 21 heavy (non-hydrogen) atoms. The lowest BCUT2D eigenvalue weighted by molar-refractivity contribution is 0.394. The fourth-order valence-electron chi connectivity index (χ4n) is 3.13. The van der Waals surface area contributed by atoms with Crippen molar-refractivity contribution in [3.63, 3.8) is 0 Å². The predicted octanol–water partition coefficient (Wildman–Crippen LogP) is 0.983. The van der Waals surface area contributed by atoms with Gasteiger partial charge in [0.25, 0.3) is 0 Å². The molecule has 1 saturated heterocycles. The van der Waals surface area contributed by atoms with Gasteiger partial charge in [0.15, 0.2) is 9.84 Å². The first kappa shape index (κ1) is 15.0. The number of rotatable bonds is 3. The molecule has 1 atom stereocenters. The van der Waals surface area contributed by atoms with Crippen LogP contribution in [0.1, 0.15) is 24.0 Å². The van der Waals surface area contributed by atoms with E-state index in [0.29, 0.717) is 6.42 Å². The van der Waals surface area contributed by atoms with Crippen molar-refractivity contribution in [2.75, 3.05) is 18.6 Å². The lowest BCUT2D eigenvalue weighted by Crippen LogP contribution is -2.37. The van der Waals surface area contributed by atoms with E-state index in [1.165, 1.54) is 16.9 Å². The average molecular weight is 329 g/mol. The quantitative estimate of drug-likeness (QED) is 0.829. The van der Waals surface area contributed by atoms with Crippen molar-refractivity contribution in [2.45, 2.75) is 36.6 Å². The number of fused-ring (bicyclic) bond motifs is 1. The number of hydrogen-bond donors (Lipinski definition) is 0. The van der Waals surface area contributed by atoms with E-state index in [4.69, 9.17) is 0 Å². The minimum atomic E-state index is -3.63. The summed E-state index contributed by atoms with van der Waals surface area (Å²) in [4.78, 5) is 0.273. The van der Waals surface area contributed by atoms with E-state index in [-0.39, 0.29) is 16.4 Å². The van der Waals surface area contributed by atoms with E-state index < -0.39 is 25.9 Å². The SMILES string of the molecule is CN(C1CCS(=O)(=O)C1)S(=O)(=O)c1ccc2c(c1)CCC2. The molecule has 1 aromatic carbocycles. The Morgan fingerprint density at radius 2 is 1.90 bits per heavy atom. The van der Waals surface area contributed by atoms with E-state index in [1.54, 1.807) is 12.1 Å². The van der Waals surface area contributed by atoms with Crippen LogP contribution in [0.15, 0.2) is 23.1 Å². The fraction of sp³-hybridized carbons (Fsp3) is 0.571. The molecule has 0 amide bonds. The van der Waals surface area contributed by atoms with Crippen LogP contribution in [0.2, 0.25) is 0 Å². The molecular weight excluding hydrogens is 310 g/mol.